The van der Waals surface area contributed by atoms with Gasteiger partial charge in [0.05, 0.1) is 12.3 Å². The van der Waals surface area contributed by atoms with E-state index in [0.29, 0.717) is 31.0 Å². The van der Waals surface area contributed by atoms with Gasteiger partial charge in [0.1, 0.15) is 17.7 Å². The van der Waals surface area contributed by atoms with Crippen molar-refractivity contribution in [1.82, 2.24) is 10.2 Å². The second kappa shape index (κ2) is 10.6. The van der Waals surface area contributed by atoms with E-state index >= 15 is 0 Å². The monoisotopic (exact) mass is 460 g/mol. The highest BCUT2D eigenvalue weighted by Gasteiger charge is 2.32. The van der Waals surface area contributed by atoms with Crippen LogP contribution < -0.4 is 10.1 Å². The molecule has 1 fully saturated rings. The summed E-state index contributed by atoms with van der Waals surface area (Å²) in [5, 5.41) is 2.86. The van der Waals surface area contributed by atoms with Crippen molar-refractivity contribution >= 4 is 23.6 Å². The summed E-state index contributed by atoms with van der Waals surface area (Å²) >= 11 is 1.62. The van der Waals surface area contributed by atoms with Crippen molar-refractivity contribution in [1.29, 1.82) is 0 Å². The molecule has 6 heteroatoms. The van der Waals surface area contributed by atoms with Gasteiger partial charge in [-0.05, 0) is 60.4 Å². The van der Waals surface area contributed by atoms with Crippen LogP contribution in [0.15, 0.2) is 72.8 Å². The topological polar surface area (TPSA) is 58.6 Å². The molecule has 33 heavy (non-hydrogen) atoms. The smallest absolute Gasteiger partial charge is 0.251 e. The zero-order valence-corrected chi connectivity index (χ0v) is 19.7. The molecule has 2 amide bonds. The Kier molecular flexibility index (Phi) is 7.35. The third kappa shape index (κ3) is 5.96. The summed E-state index contributed by atoms with van der Waals surface area (Å²) in [6.07, 6.45) is 0. The fourth-order valence-corrected chi connectivity index (χ4v) is 5.12. The molecule has 1 aliphatic rings. The zero-order chi connectivity index (χ0) is 23.2. The van der Waals surface area contributed by atoms with Crippen LogP contribution in [0.3, 0.4) is 0 Å². The van der Waals surface area contributed by atoms with Crippen molar-refractivity contribution < 1.29 is 14.3 Å². The number of carbonyl (C=O) groups excluding carboxylic acids is 2. The Bertz CT molecular complexity index is 1100. The van der Waals surface area contributed by atoms with Crippen LogP contribution in [0.4, 0.5) is 0 Å². The first kappa shape index (κ1) is 22.9. The summed E-state index contributed by atoms with van der Waals surface area (Å²) in [6.45, 7) is 5.48. The summed E-state index contributed by atoms with van der Waals surface area (Å²) < 4.78 is 5.76. The van der Waals surface area contributed by atoms with Gasteiger partial charge in [-0.25, -0.2) is 0 Å². The van der Waals surface area contributed by atoms with Gasteiger partial charge in [0.25, 0.3) is 5.91 Å². The van der Waals surface area contributed by atoms with Crippen LogP contribution in [0.5, 0.6) is 5.75 Å². The lowest BCUT2D eigenvalue weighted by Gasteiger charge is -2.24. The molecular weight excluding hydrogens is 432 g/mol. The van der Waals surface area contributed by atoms with E-state index in [4.69, 9.17) is 4.74 Å². The van der Waals surface area contributed by atoms with E-state index < -0.39 is 0 Å². The summed E-state index contributed by atoms with van der Waals surface area (Å²) in [5.74, 6) is 1.29. The minimum atomic E-state index is -0.137. The van der Waals surface area contributed by atoms with Crippen LogP contribution in [-0.2, 0) is 11.3 Å². The highest BCUT2D eigenvalue weighted by Crippen LogP contribution is 2.39. The van der Waals surface area contributed by atoms with Crippen LogP contribution in [0.1, 0.15) is 38.0 Å². The van der Waals surface area contributed by atoms with Crippen LogP contribution in [0.2, 0.25) is 0 Å². The number of nitrogens with zero attached hydrogens (tertiary/aromatic N) is 1. The number of benzene rings is 3. The molecule has 3 aromatic carbocycles. The fourth-order valence-electron chi connectivity index (χ4n) is 3.93. The van der Waals surface area contributed by atoms with E-state index in [1.807, 2.05) is 85.5 Å². The molecule has 0 bridgehead atoms. The summed E-state index contributed by atoms with van der Waals surface area (Å²) in [6, 6.07) is 23.6. The number of aryl methyl sites for hydroxylation is 2. The average Bonchev–Trinajstić information content (AvgIpc) is 3.17. The number of amides is 2. The molecule has 1 atom stereocenters. The third-order valence-corrected chi connectivity index (χ3v) is 6.73. The van der Waals surface area contributed by atoms with Gasteiger partial charge in [-0.15, -0.1) is 11.8 Å². The number of rotatable bonds is 8. The van der Waals surface area contributed by atoms with Gasteiger partial charge in [0.15, 0.2) is 0 Å². The molecular formula is C27H28N2O3S. The Balaban J connectivity index is 1.31. The number of hydrogen-bond donors (Lipinski definition) is 1. The Hall–Kier alpha value is -3.25. The first-order valence-corrected chi connectivity index (χ1v) is 12.1. The standard InChI is InChI=1S/C27H28N2O3S/c1-19-14-20(2)16-24(15-19)32-13-12-28-26(31)22-8-10-23(11-9-22)27-29(25(30)18-33-27)17-21-6-4-3-5-7-21/h3-11,14-16,27H,12-13,17-18H2,1-2H3,(H,28,31)/t27-/m0/s1. The largest absolute Gasteiger partial charge is 0.492 e. The van der Waals surface area contributed by atoms with Gasteiger partial charge >= 0.3 is 0 Å². The lowest BCUT2D eigenvalue weighted by Crippen LogP contribution is -2.28. The van der Waals surface area contributed by atoms with Crippen molar-refractivity contribution in [2.75, 3.05) is 18.9 Å². The second-order valence-electron chi connectivity index (χ2n) is 8.22. The molecule has 0 spiro atoms. The molecule has 1 saturated heterocycles. The summed E-state index contributed by atoms with van der Waals surface area (Å²) in [4.78, 5) is 26.9. The molecule has 1 heterocycles. The molecule has 0 aliphatic carbocycles. The van der Waals surface area contributed by atoms with Crippen LogP contribution in [0, 0.1) is 13.8 Å². The second-order valence-corrected chi connectivity index (χ2v) is 9.29. The number of ether oxygens (including phenoxy) is 1. The van der Waals surface area contributed by atoms with E-state index in [1.54, 1.807) is 11.8 Å². The molecule has 0 unspecified atom stereocenters. The average molecular weight is 461 g/mol. The maximum Gasteiger partial charge on any atom is 0.251 e. The van der Waals surface area contributed by atoms with E-state index in [2.05, 4.69) is 11.4 Å². The number of thioether (sulfide) groups is 1. The van der Waals surface area contributed by atoms with Crippen LogP contribution in [-0.4, -0.2) is 35.6 Å². The quantitative estimate of drug-likeness (QED) is 0.487. The first-order chi connectivity index (χ1) is 16.0. The molecule has 170 valence electrons. The summed E-state index contributed by atoms with van der Waals surface area (Å²) in [7, 11) is 0. The minimum absolute atomic E-state index is 0.0407. The van der Waals surface area contributed by atoms with Crippen LogP contribution >= 0.6 is 11.8 Å². The predicted octanol–water partition coefficient (Wildman–Crippen LogP) is 4.89. The lowest BCUT2D eigenvalue weighted by molar-refractivity contribution is -0.128. The fraction of sp³-hybridized carbons (Fsp3) is 0.259. The Morgan fingerprint density at radius 3 is 2.42 bits per heavy atom. The van der Waals surface area contributed by atoms with Gasteiger partial charge in [-0.1, -0.05) is 48.5 Å². The lowest BCUT2D eigenvalue weighted by atomic mass is 10.1. The minimum Gasteiger partial charge on any atom is -0.492 e. The van der Waals surface area contributed by atoms with Gasteiger partial charge in [0, 0.05) is 12.1 Å². The molecule has 4 rings (SSSR count). The zero-order valence-electron chi connectivity index (χ0n) is 18.9. The molecule has 3 aromatic rings. The number of nitrogens with one attached hydrogen (secondary N) is 1. The third-order valence-electron chi connectivity index (χ3n) is 5.47. The molecule has 1 aliphatic heterocycles. The number of hydrogen-bond acceptors (Lipinski definition) is 4. The van der Waals surface area contributed by atoms with Gasteiger partial charge in [-0.3, -0.25) is 9.59 Å². The Morgan fingerprint density at radius 2 is 1.73 bits per heavy atom. The summed E-state index contributed by atoms with van der Waals surface area (Å²) in [5.41, 5.74) is 5.03. The number of carbonyl (C=O) groups is 2. The van der Waals surface area contributed by atoms with Gasteiger partial charge in [0.2, 0.25) is 5.91 Å². The Labute approximate surface area is 199 Å². The van der Waals surface area contributed by atoms with E-state index in [1.165, 1.54) is 0 Å². The molecule has 5 nitrogen and oxygen atoms in total. The van der Waals surface area contributed by atoms with Crippen molar-refractivity contribution in [2.24, 2.45) is 0 Å². The maximum atomic E-state index is 12.5. The maximum absolute atomic E-state index is 12.5. The van der Waals surface area contributed by atoms with Crippen LogP contribution in [0.25, 0.3) is 0 Å². The molecule has 0 aromatic heterocycles. The SMILES string of the molecule is Cc1cc(C)cc(OCCNC(=O)c2ccc([C@@H]3SCC(=O)N3Cc3ccccc3)cc2)c1. The molecule has 0 saturated carbocycles. The van der Waals surface area contributed by atoms with Crippen molar-refractivity contribution in [2.45, 2.75) is 25.8 Å². The Morgan fingerprint density at radius 1 is 1.03 bits per heavy atom. The highest BCUT2D eigenvalue weighted by molar-refractivity contribution is 8.00. The van der Waals surface area contributed by atoms with E-state index in [0.717, 1.165) is 28.0 Å². The van der Waals surface area contributed by atoms with Crippen molar-refractivity contribution in [3.05, 3.63) is 101 Å². The molecule has 0 radical (unpaired) electrons. The van der Waals surface area contributed by atoms with Gasteiger partial charge < -0.3 is 15.0 Å². The van der Waals surface area contributed by atoms with Gasteiger partial charge in [-0.2, -0.15) is 0 Å². The van der Waals surface area contributed by atoms with E-state index in [9.17, 15) is 9.59 Å². The normalized spacial score (nSPS) is 15.5. The first-order valence-electron chi connectivity index (χ1n) is 11.0. The van der Waals surface area contributed by atoms with E-state index in [-0.39, 0.29) is 17.2 Å². The molecule has 1 N–H and O–H groups in total. The highest BCUT2D eigenvalue weighted by atomic mass is 32.2. The predicted molar refractivity (Wildman–Crippen MR) is 132 cm³/mol. The van der Waals surface area contributed by atoms with Crippen molar-refractivity contribution in [3.63, 3.8) is 0 Å². The van der Waals surface area contributed by atoms with Crippen molar-refractivity contribution in [3.8, 4) is 5.75 Å².